The molecule has 0 aliphatic heterocycles. The van der Waals surface area contributed by atoms with E-state index in [1.54, 1.807) is 0 Å². The topological polar surface area (TPSA) is 28.7 Å². The van der Waals surface area contributed by atoms with E-state index in [0.717, 1.165) is 5.82 Å². The first-order chi connectivity index (χ1) is 7.59. The molecule has 1 aromatic carbocycles. The number of aromatic nitrogens is 2. The van der Waals surface area contributed by atoms with Crippen LogP contribution in [0.4, 0.5) is 0 Å². The molecule has 0 amide bonds. The van der Waals surface area contributed by atoms with Gasteiger partial charge in [-0.1, -0.05) is 24.6 Å². The van der Waals surface area contributed by atoms with Crippen molar-refractivity contribution in [1.29, 1.82) is 0 Å². The summed E-state index contributed by atoms with van der Waals surface area (Å²) in [5.74, 6) is 1.36. The molecule has 84 valence electrons. The normalized spacial score (nSPS) is 12.8. The lowest BCUT2D eigenvalue weighted by molar-refractivity contribution is 0.829. The molecule has 1 N–H and O–H groups in total. The van der Waals surface area contributed by atoms with Crippen molar-refractivity contribution < 1.29 is 0 Å². The van der Waals surface area contributed by atoms with Gasteiger partial charge in [0.2, 0.25) is 0 Å². The highest BCUT2D eigenvalue weighted by Crippen LogP contribution is 2.27. The van der Waals surface area contributed by atoms with Crippen molar-refractivity contribution in [3.8, 4) is 0 Å². The lowest BCUT2D eigenvalue weighted by Gasteiger charge is -2.15. The van der Waals surface area contributed by atoms with E-state index in [9.17, 15) is 0 Å². The number of benzene rings is 1. The van der Waals surface area contributed by atoms with E-state index in [0.29, 0.717) is 5.92 Å². The molecule has 0 unspecified atom stereocenters. The Labute approximate surface area is 96.7 Å². The Hall–Kier alpha value is -1.57. The van der Waals surface area contributed by atoms with E-state index in [-0.39, 0.29) is 0 Å². The van der Waals surface area contributed by atoms with E-state index in [1.165, 1.54) is 22.3 Å². The average Bonchev–Trinajstić information content (AvgIpc) is 2.75. The van der Waals surface area contributed by atoms with Crippen LogP contribution in [0.2, 0.25) is 0 Å². The van der Waals surface area contributed by atoms with Crippen LogP contribution in [-0.2, 0) is 0 Å². The maximum absolute atomic E-state index is 4.34. The summed E-state index contributed by atoms with van der Waals surface area (Å²) in [6, 6.07) is 4.49. The molecule has 1 heterocycles. The molecule has 2 nitrogen and oxygen atoms in total. The van der Waals surface area contributed by atoms with E-state index in [1.807, 2.05) is 12.4 Å². The second-order valence-corrected chi connectivity index (χ2v) is 4.49. The highest BCUT2D eigenvalue weighted by molar-refractivity contribution is 5.41. The fraction of sp³-hybridized carbons (Fsp3) is 0.357. The minimum atomic E-state index is 0.327. The van der Waals surface area contributed by atoms with Crippen LogP contribution in [0.15, 0.2) is 24.5 Å². The molecule has 0 aliphatic carbocycles. The number of hydrogen-bond donors (Lipinski definition) is 1. The molecule has 2 heteroatoms. The Morgan fingerprint density at radius 1 is 1.19 bits per heavy atom. The van der Waals surface area contributed by atoms with Gasteiger partial charge >= 0.3 is 0 Å². The van der Waals surface area contributed by atoms with Crippen molar-refractivity contribution in [3.63, 3.8) is 0 Å². The number of hydrogen-bond acceptors (Lipinski definition) is 1. The molecule has 16 heavy (non-hydrogen) atoms. The summed E-state index contributed by atoms with van der Waals surface area (Å²) in [5.41, 5.74) is 5.41. The van der Waals surface area contributed by atoms with Crippen molar-refractivity contribution in [2.24, 2.45) is 0 Å². The molecule has 2 rings (SSSR count). The van der Waals surface area contributed by atoms with Crippen LogP contribution in [0.25, 0.3) is 0 Å². The second-order valence-electron chi connectivity index (χ2n) is 4.49. The molecule has 0 bridgehead atoms. The molecule has 0 saturated carbocycles. The second kappa shape index (κ2) is 4.12. The van der Waals surface area contributed by atoms with Crippen molar-refractivity contribution in [1.82, 2.24) is 9.97 Å². The number of imidazole rings is 1. The molecule has 0 fully saturated rings. The first kappa shape index (κ1) is 10.9. The number of nitrogens with zero attached hydrogens (tertiary/aromatic N) is 1. The first-order valence-corrected chi connectivity index (χ1v) is 5.66. The number of aryl methyl sites for hydroxylation is 2. The fourth-order valence-electron chi connectivity index (χ4n) is 2.18. The van der Waals surface area contributed by atoms with E-state index in [4.69, 9.17) is 0 Å². The van der Waals surface area contributed by atoms with Gasteiger partial charge in [-0.05, 0) is 37.5 Å². The summed E-state index contributed by atoms with van der Waals surface area (Å²) < 4.78 is 0. The van der Waals surface area contributed by atoms with Crippen LogP contribution in [0, 0.1) is 20.8 Å². The number of nitrogens with one attached hydrogen (secondary N) is 1. The Balaban J connectivity index is 2.48. The van der Waals surface area contributed by atoms with Crippen molar-refractivity contribution in [2.75, 3.05) is 0 Å². The van der Waals surface area contributed by atoms with E-state index >= 15 is 0 Å². The molecule has 0 spiro atoms. The molecule has 0 radical (unpaired) electrons. The van der Waals surface area contributed by atoms with Gasteiger partial charge in [-0.3, -0.25) is 0 Å². The maximum atomic E-state index is 4.34. The third-order valence-corrected chi connectivity index (χ3v) is 3.25. The van der Waals surface area contributed by atoms with Gasteiger partial charge in [0, 0.05) is 18.3 Å². The minimum Gasteiger partial charge on any atom is -0.348 e. The third-order valence-electron chi connectivity index (χ3n) is 3.25. The van der Waals surface area contributed by atoms with Crippen LogP contribution >= 0.6 is 0 Å². The van der Waals surface area contributed by atoms with Crippen LogP contribution in [0.1, 0.15) is 40.9 Å². The summed E-state index contributed by atoms with van der Waals surface area (Å²) in [6.45, 7) is 8.69. The zero-order valence-corrected chi connectivity index (χ0v) is 10.3. The Bertz CT molecular complexity index is 484. The molecular formula is C14H18N2. The van der Waals surface area contributed by atoms with Crippen LogP contribution in [0.3, 0.4) is 0 Å². The van der Waals surface area contributed by atoms with Crippen molar-refractivity contribution >= 4 is 0 Å². The molecular weight excluding hydrogens is 196 g/mol. The zero-order chi connectivity index (χ0) is 11.7. The summed E-state index contributed by atoms with van der Waals surface area (Å²) in [6.07, 6.45) is 3.69. The van der Waals surface area contributed by atoms with Crippen LogP contribution < -0.4 is 0 Å². The van der Waals surface area contributed by atoms with Crippen LogP contribution in [0.5, 0.6) is 0 Å². The SMILES string of the molecule is Cc1cc(C)c(C)c([C@@H](C)c2ncc[nH]2)c1. The van der Waals surface area contributed by atoms with Gasteiger partial charge in [0.05, 0.1) is 0 Å². The lowest BCUT2D eigenvalue weighted by atomic mass is 9.91. The summed E-state index contributed by atoms with van der Waals surface area (Å²) in [5, 5.41) is 0. The summed E-state index contributed by atoms with van der Waals surface area (Å²) in [4.78, 5) is 7.53. The Morgan fingerprint density at radius 3 is 2.56 bits per heavy atom. The van der Waals surface area contributed by atoms with Gasteiger partial charge in [-0.25, -0.2) is 4.98 Å². The Kier molecular flexibility index (Phi) is 2.82. The quantitative estimate of drug-likeness (QED) is 0.814. The van der Waals surface area contributed by atoms with Gasteiger partial charge in [0.25, 0.3) is 0 Å². The van der Waals surface area contributed by atoms with Gasteiger partial charge in [-0.2, -0.15) is 0 Å². The zero-order valence-electron chi connectivity index (χ0n) is 10.3. The number of H-pyrrole nitrogens is 1. The lowest BCUT2D eigenvalue weighted by Crippen LogP contribution is -2.03. The van der Waals surface area contributed by atoms with Gasteiger partial charge < -0.3 is 4.98 Å². The molecule has 2 aromatic rings. The number of aromatic amines is 1. The minimum absolute atomic E-state index is 0.327. The molecule has 0 aliphatic rings. The smallest absolute Gasteiger partial charge is 0.113 e. The first-order valence-electron chi connectivity index (χ1n) is 5.66. The van der Waals surface area contributed by atoms with Crippen molar-refractivity contribution in [2.45, 2.75) is 33.6 Å². The maximum Gasteiger partial charge on any atom is 0.113 e. The fourth-order valence-corrected chi connectivity index (χ4v) is 2.18. The molecule has 1 aromatic heterocycles. The van der Waals surface area contributed by atoms with Crippen LogP contribution in [-0.4, -0.2) is 9.97 Å². The predicted octanol–water partition coefficient (Wildman–Crippen LogP) is 3.49. The van der Waals surface area contributed by atoms with E-state index in [2.05, 4.69) is 49.8 Å². The standard InChI is InChI=1S/C14H18N2/c1-9-7-10(2)11(3)13(8-9)12(4)14-15-5-6-16-14/h5-8,12H,1-4H3,(H,15,16)/t12-/m1/s1. The number of rotatable bonds is 2. The van der Waals surface area contributed by atoms with Gasteiger partial charge in [-0.15, -0.1) is 0 Å². The highest BCUT2D eigenvalue weighted by Gasteiger charge is 2.14. The largest absolute Gasteiger partial charge is 0.348 e. The Morgan fingerprint density at radius 2 is 1.94 bits per heavy atom. The summed E-state index contributed by atoms with van der Waals surface area (Å²) >= 11 is 0. The van der Waals surface area contributed by atoms with Gasteiger partial charge in [0.15, 0.2) is 0 Å². The summed E-state index contributed by atoms with van der Waals surface area (Å²) in [7, 11) is 0. The highest BCUT2D eigenvalue weighted by atomic mass is 14.9. The van der Waals surface area contributed by atoms with Crippen molar-refractivity contribution in [3.05, 3.63) is 52.6 Å². The third kappa shape index (κ3) is 1.87. The predicted molar refractivity (Wildman–Crippen MR) is 66.8 cm³/mol. The van der Waals surface area contributed by atoms with E-state index < -0.39 is 0 Å². The average molecular weight is 214 g/mol. The molecule has 1 atom stereocenters. The molecule has 0 saturated heterocycles. The monoisotopic (exact) mass is 214 g/mol. The van der Waals surface area contributed by atoms with Gasteiger partial charge in [0.1, 0.15) is 5.82 Å².